The third kappa shape index (κ3) is 4.15. The second-order valence-electron chi connectivity index (χ2n) is 7.23. The summed E-state index contributed by atoms with van der Waals surface area (Å²) in [5.74, 6) is 1.04. The van der Waals surface area contributed by atoms with Gasteiger partial charge in [0.2, 0.25) is 5.91 Å². The number of carbonyl (C=O) groups excluding carboxylic acids is 1. The van der Waals surface area contributed by atoms with Gasteiger partial charge in [-0.25, -0.2) is 0 Å². The Morgan fingerprint density at radius 2 is 1.75 bits per heavy atom. The van der Waals surface area contributed by atoms with Gasteiger partial charge in [0.05, 0.1) is 6.04 Å². The summed E-state index contributed by atoms with van der Waals surface area (Å²) in [6.45, 7) is 1.73. The van der Waals surface area contributed by atoms with Crippen LogP contribution in [0.1, 0.15) is 55.2 Å². The van der Waals surface area contributed by atoms with E-state index in [0.717, 1.165) is 13.0 Å². The molecular formula is C19H29N3O2. The fraction of sp³-hybridized carbons (Fsp3) is 0.632. The first-order valence-corrected chi connectivity index (χ1v) is 9.14. The fourth-order valence-corrected chi connectivity index (χ4v) is 4.10. The maximum absolute atomic E-state index is 11.4. The Bertz CT molecular complexity index is 538. The van der Waals surface area contributed by atoms with Crippen molar-refractivity contribution >= 4 is 5.91 Å². The standard InChI is InChI=1S/C19H29N3O2/c20-19(24)18-12-21-11-17(22-18)16-7-5-15(6-8-16)14-3-1-13(2-4-14)9-10-23/h5-8,13-14,17-18,21-23H,1-4,9-12H2,(H2,20,24). The van der Waals surface area contributed by atoms with Crippen LogP contribution in [0.2, 0.25) is 0 Å². The van der Waals surface area contributed by atoms with Gasteiger partial charge in [0.1, 0.15) is 0 Å². The Hall–Kier alpha value is -1.43. The summed E-state index contributed by atoms with van der Waals surface area (Å²) in [6.07, 6.45) is 5.84. The van der Waals surface area contributed by atoms with Crippen molar-refractivity contribution in [3.63, 3.8) is 0 Å². The van der Waals surface area contributed by atoms with Gasteiger partial charge in [0.25, 0.3) is 0 Å². The molecule has 0 spiro atoms. The molecule has 5 nitrogen and oxygen atoms in total. The third-order valence-electron chi connectivity index (χ3n) is 5.64. The number of hydrogen-bond donors (Lipinski definition) is 4. The van der Waals surface area contributed by atoms with Crippen LogP contribution in [0.5, 0.6) is 0 Å². The molecule has 2 aliphatic rings. The van der Waals surface area contributed by atoms with Crippen molar-refractivity contribution in [2.45, 2.75) is 50.1 Å². The Balaban J connectivity index is 1.58. The van der Waals surface area contributed by atoms with Crippen molar-refractivity contribution in [3.8, 4) is 0 Å². The fourth-order valence-electron chi connectivity index (χ4n) is 4.10. The highest BCUT2D eigenvalue weighted by molar-refractivity contribution is 5.80. The molecule has 0 radical (unpaired) electrons. The zero-order chi connectivity index (χ0) is 16.9. The van der Waals surface area contributed by atoms with E-state index in [9.17, 15) is 4.79 Å². The minimum Gasteiger partial charge on any atom is -0.396 e. The Labute approximate surface area is 144 Å². The lowest BCUT2D eigenvalue weighted by atomic mass is 9.77. The monoisotopic (exact) mass is 331 g/mol. The predicted molar refractivity (Wildman–Crippen MR) is 94.6 cm³/mol. The van der Waals surface area contributed by atoms with Gasteiger partial charge in [0.15, 0.2) is 0 Å². The quantitative estimate of drug-likeness (QED) is 0.657. The predicted octanol–water partition coefficient (Wildman–Crippen LogP) is 1.43. The molecule has 2 fully saturated rings. The average molecular weight is 331 g/mol. The minimum absolute atomic E-state index is 0.130. The molecule has 132 valence electrons. The van der Waals surface area contributed by atoms with Gasteiger partial charge < -0.3 is 16.2 Å². The molecule has 24 heavy (non-hydrogen) atoms. The summed E-state index contributed by atoms with van der Waals surface area (Å²) >= 11 is 0. The number of aliphatic hydroxyl groups is 1. The smallest absolute Gasteiger partial charge is 0.235 e. The molecule has 2 unspecified atom stereocenters. The number of aliphatic hydroxyl groups excluding tert-OH is 1. The number of nitrogens with two attached hydrogens (primary N) is 1. The highest BCUT2D eigenvalue weighted by Gasteiger charge is 2.26. The zero-order valence-corrected chi connectivity index (χ0v) is 14.2. The maximum atomic E-state index is 11.4. The molecule has 3 rings (SSSR count). The summed E-state index contributed by atoms with van der Waals surface area (Å²) < 4.78 is 0. The molecule has 1 saturated carbocycles. The summed E-state index contributed by atoms with van der Waals surface area (Å²) in [6, 6.07) is 8.66. The topological polar surface area (TPSA) is 87.4 Å². The highest BCUT2D eigenvalue weighted by Crippen LogP contribution is 2.37. The summed E-state index contributed by atoms with van der Waals surface area (Å²) in [5.41, 5.74) is 8.02. The molecule has 1 amide bonds. The summed E-state index contributed by atoms with van der Waals surface area (Å²) in [7, 11) is 0. The van der Waals surface area contributed by atoms with Crippen LogP contribution in [0.15, 0.2) is 24.3 Å². The number of hydrogen-bond acceptors (Lipinski definition) is 4. The van der Waals surface area contributed by atoms with Crippen LogP contribution in [-0.2, 0) is 4.79 Å². The molecule has 0 bridgehead atoms. The number of nitrogens with one attached hydrogen (secondary N) is 2. The molecule has 5 N–H and O–H groups in total. The summed E-state index contributed by atoms with van der Waals surface area (Å²) in [4.78, 5) is 11.4. The first-order valence-electron chi connectivity index (χ1n) is 9.14. The van der Waals surface area contributed by atoms with Crippen LogP contribution in [0.4, 0.5) is 0 Å². The van der Waals surface area contributed by atoms with Crippen LogP contribution < -0.4 is 16.4 Å². The number of rotatable bonds is 5. The van der Waals surface area contributed by atoms with Crippen LogP contribution >= 0.6 is 0 Å². The second kappa shape index (κ2) is 8.10. The van der Waals surface area contributed by atoms with E-state index in [0.29, 0.717) is 25.0 Å². The average Bonchev–Trinajstić information content (AvgIpc) is 2.63. The van der Waals surface area contributed by atoms with Gasteiger partial charge in [-0.2, -0.15) is 0 Å². The van der Waals surface area contributed by atoms with Gasteiger partial charge in [0, 0.05) is 25.7 Å². The Kier molecular flexibility index (Phi) is 5.87. The lowest BCUT2D eigenvalue weighted by Gasteiger charge is -2.31. The van der Waals surface area contributed by atoms with E-state index < -0.39 is 0 Å². The molecule has 0 aromatic heterocycles. The van der Waals surface area contributed by atoms with Crippen molar-refractivity contribution in [1.82, 2.24) is 10.6 Å². The lowest BCUT2D eigenvalue weighted by Crippen LogP contribution is -2.55. The van der Waals surface area contributed by atoms with Crippen molar-refractivity contribution in [2.75, 3.05) is 19.7 Å². The molecule has 2 atom stereocenters. The van der Waals surface area contributed by atoms with E-state index >= 15 is 0 Å². The summed E-state index contributed by atoms with van der Waals surface area (Å²) in [5, 5.41) is 15.7. The molecule has 5 heteroatoms. The number of primary amides is 1. The Morgan fingerprint density at radius 1 is 1.08 bits per heavy atom. The normalized spacial score (nSPS) is 30.9. The van der Waals surface area contributed by atoms with Crippen molar-refractivity contribution in [1.29, 1.82) is 0 Å². The number of benzene rings is 1. The minimum atomic E-state index is -0.302. The van der Waals surface area contributed by atoms with E-state index in [1.165, 1.54) is 36.8 Å². The third-order valence-corrected chi connectivity index (χ3v) is 5.64. The van der Waals surface area contributed by atoms with E-state index in [1.807, 2.05) is 0 Å². The van der Waals surface area contributed by atoms with E-state index in [4.69, 9.17) is 10.8 Å². The zero-order valence-electron chi connectivity index (χ0n) is 14.2. The maximum Gasteiger partial charge on any atom is 0.235 e. The highest BCUT2D eigenvalue weighted by atomic mass is 16.3. The van der Waals surface area contributed by atoms with Crippen LogP contribution in [0, 0.1) is 5.92 Å². The van der Waals surface area contributed by atoms with Gasteiger partial charge in [-0.3, -0.25) is 10.1 Å². The molecule has 1 saturated heterocycles. The molecule has 1 heterocycles. The molecular weight excluding hydrogens is 302 g/mol. The Morgan fingerprint density at radius 3 is 2.38 bits per heavy atom. The first kappa shape index (κ1) is 17.4. The number of amides is 1. The largest absolute Gasteiger partial charge is 0.396 e. The lowest BCUT2D eigenvalue weighted by molar-refractivity contribution is -0.120. The van der Waals surface area contributed by atoms with Crippen molar-refractivity contribution < 1.29 is 9.90 Å². The molecule has 1 aromatic carbocycles. The number of piperazine rings is 1. The number of carbonyl (C=O) groups is 1. The van der Waals surface area contributed by atoms with Crippen LogP contribution in [-0.4, -0.2) is 36.8 Å². The van der Waals surface area contributed by atoms with Gasteiger partial charge in [-0.15, -0.1) is 0 Å². The first-order chi connectivity index (χ1) is 11.7. The van der Waals surface area contributed by atoms with Gasteiger partial charge in [-0.1, -0.05) is 24.3 Å². The van der Waals surface area contributed by atoms with E-state index in [2.05, 4.69) is 34.9 Å². The van der Waals surface area contributed by atoms with E-state index in [-0.39, 0.29) is 18.0 Å². The van der Waals surface area contributed by atoms with Crippen molar-refractivity contribution in [3.05, 3.63) is 35.4 Å². The van der Waals surface area contributed by atoms with E-state index in [1.54, 1.807) is 0 Å². The van der Waals surface area contributed by atoms with Crippen LogP contribution in [0.25, 0.3) is 0 Å². The van der Waals surface area contributed by atoms with Crippen molar-refractivity contribution in [2.24, 2.45) is 11.7 Å². The second-order valence-corrected chi connectivity index (χ2v) is 7.23. The molecule has 1 aliphatic heterocycles. The van der Waals surface area contributed by atoms with Gasteiger partial charge in [-0.05, 0) is 55.1 Å². The van der Waals surface area contributed by atoms with Crippen LogP contribution in [0.3, 0.4) is 0 Å². The van der Waals surface area contributed by atoms with Gasteiger partial charge >= 0.3 is 0 Å². The SMILES string of the molecule is NC(=O)C1CNCC(c2ccc(C3CCC(CCO)CC3)cc2)N1. The molecule has 1 aromatic rings. The molecule has 1 aliphatic carbocycles.